The third kappa shape index (κ3) is 7.53. The fourth-order valence-corrected chi connectivity index (χ4v) is 4.13. The van der Waals surface area contributed by atoms with Crippen molar-refractivity contribution in [2.24, 2.45) is 5.73 Å². The van der Waals surface area contributed by atoms with Gasteiger partial charge in [0.15, 0.2) is 5.16 Å². The molecule has 0 aliphatic carbocycles. The van der Waals surface area contributed by atoms with E-state index < -0.39 is 0 Å². The molecule has 0 unspecified atom stereocenters. The van der Waals surface area contributed by atoms with Crippen LogP contribution in [0.5, 0.6) is 0 Å². The lowest BCUT2D eigenvalue weighted by atomic mass is 10.1. The molecule has 0 atom stereocenters. The summed E-state index contributed by atoms with van der Waals surface area (Å²) in [6.45, 7) is 2.33. The van der Waals surface area contributed by atoms with Crippen LogP contribution in [0.3, 0.4) is 0 Å². The summed E-state index contributed by atoms with van der Waals surface area (Å²) >= 11 is 1.41. The van der Waals surface area contributed by atoms with Gasteiger partial charge in [-0.2, -0.15) is 5.26 Å². The molecule has 0 spiro atoms. The molecule has 180 valence electrons. The summed E-state index contributed by atoms with van der Waals surface area (Å²) in [4.78, 5) is 32.0. The van der Waals surface area contributed by atoms with Crippen molar-refractivity contribution in [2.45, 2.75) is 30.7 Å². The number of nitriles is 1. The molecule has 1 heterocycles. The smallest absolute Gasteiger partial charge is 0.221 e. The normalized spacial score (nSPS) is 10.4. The summed E-state index contributed by atoms with van der Waals surface area (Å²) < 4.78 is 0. The van der Waals surface area contributed by atoms with Crippen LogP contribution in [0.15, 0.2) is 53.7 Å². The van der Waals surface area contributed by atoms with E-state index in [1.807, 2.05) is 18.2 Å². The molecule has 0 bridgehead atoms. The van der Waals surface area contributed by atoms with Gasteiger partial charge in [-0.3, -0.25) is 9.59 Å². The lowest BCUT2D eigenvalue weighted by molar-refractivity contribution is -0.121. The number of nitrogens with zero attached hydrogens (tertiary/aromatic N) is 3. The van der Waals surface area contributed by atoms with Crippen LogP contribution in [-0.4, -0.2) is 34.9 Å². The molecule has 0 saturated carbocycles. The fraction of sp³-hybridized carbons (Fsp3) is 0.240. The van der Waals surface area contributed by atoms with Gasteiger partial charge in [-0.05, 0) is 29.7 Å². The summed E-state index contributed by atoms with van der Waals surface area (Å²) in [6, 6.07) is 17.1. The van der Waals surface area contributed by atoms with Gasteiger partial charge >= 0.3 is 0 Å². The number of aryl methyl sites for hydroxylation is 1. The van der Waals surface area contributed by atoms with Crippen molar-refractivity contribution in [3.05, 3.63) is 65.2 Å². The average molecular weight is 490 g/mol. The Kier molecular flexibility index (Phi) is 9.17. The van der Waals surface area contributed by atoms with Gasteiger partial charge in [0.25, 0.3) is 0 Å². The zero-order valence-corrected chi connectivity index (χ0v) is 20.2. The highest BCUT2D eigenvalue weighted by atomic mass is 32.2. The van der Waals surface area contributed by atoms with E-state index in [0.29, 0.717) is 53.8 Å². The SMILES string of the molecule is CC(=O)Nc1ccc(-c2nc(SCc3cccc(CCC(=O)NCCN)c3)nc(N)c2C#N)cc1. The summed E-state index contributed by atoms with van der Waals surface area (Å²) in [5.74, 6) is 0.524. The number of nitrogens with two attached hydrogens (primary N) is 2. The molecule has 9 nitrogen and oxygen atoms in total. The second-order valence-corrected chi connectivity index (χ2v) is 8.68. The quantitative estimate of drug-likeness (QED) is 0.250. The fourth-order valence-electron chi connectivity index (χ4n) is 3.34. The first kappa shape index (κ1) is 25.7. The second-order valence-electron chi connectivity index (χ2n) is 7.73. The molecule has 3 rings (SSSR count). The van der Waals surface area contributed by atoms with Crippen molar-refractivity contribution in [1.82, 2.24) is 15.3 Å². The van der Waals surface area contributed by atoms with Crippen LogP contribution in [0, 0.1) is 11.3 Å². The third-order valence-electron chi connectivity index (χ3n) is 4.97. The zero-order chi connectivity index (χ0) is 25.2. The third-order valence-corrected chi connectivity index (χ3v) is 5.89. The summed E-state index contributed by atoms with van der Waals surface area (Å²) in [7, 11) is 0. The first-order valence-corrected chi connectivity index (χ1v) is 12.0. The van der Waals surface area contributed by atoms with Crippen LogP contribution < -0.4 is 22.1 Å². The molecule has 3 aromatic rings. The van der Waals surface area contributed by atoms with Gasteiger partial charge in [0, 0.05) is 43.4 Å². The summed E-state index contributed by atoms with van der Waals surface area (Å²) in [5.41, 5.74) is 15.6. The monoisotopic (exact) mass is 489 g/mol. The van der Waals surface area contributed by atoms with Gasteiger partial charge in [-0.15, -0.1) is 0 Å². The number of hydrogen-bond acceptors (Lipinski definition) is 8. The van der Waals surface area contributed by atoms with E-state index >= 15 is 0 Å². The maximum atomic E-state index is 11.8. The van der Waals surface area contributed by atoms with E-state index in [1.165, 1.54) is 18.7 Å². The van der Waals surface area contributed by atoms with Gasteiger partial charge in [0.1, 0.15) is 17.5 Å². The van der Waals surface area contributed by atoms with Crippen molar-refractivity contribution in [1.29, 1.82) is 5.26 Å². The first-order valence-electron chi connectivity index (χ1n) is 11.0. The van der Waals surface area contributed by atoms with Crippen LogP contribution >= 0.6 is 11.8 Å². The minimum atomic E-state index is -0.167. The van der Waals surface area contributed by atoms with Crippen LogP contribution in [0.1, 0.15) is 30.0 Å². The standard InChI is InChI=1S/C25H27N7O2S/c1-16(33)30-20-8-6-19(7-9-20)23-21(14-27)24(28)32-25(31-23)35-15-18-4-2-3-17(13-18)5-10-22(34)29-12-11-26/h2-4,6-9,13H,5,10-12,15,26H2,1H3,(H,29,34)(H,30,33)(H2,28,31,32). The summed E-state index contributed by atoms with van der Waals surface area (Å²) in [6.07, 6.45) is 1.03. The number of nitrogen functional groups attached to an aromatic ring is 1. The number of benzene rings is 2. The van der Waals surface area contributed by atoms with Crippen molar-refractivity contribution in [3.63, 3.8) is 0 Å². The Hall–Kier alpha value is -3.94. The average Bonchev–Trinajstić information content (AvgIpc) is 2.85. The number of carbonyl (C=O) groups is 2. The molecule has 2 aromatic carbocycles. The van der Waals surface area contributed by atoms with Crippen molar-refractivity contribution in [2.75, 3.05) is 24.1 Å². The number of hydrogen-bond donors (Lipinski definition) is 4. The van der Waals surface area contributed by atoms with E-state index in [2.05, 4.69) is 32.7 Å². The Morgan fingerprint density at radius 1 is 1.11 bits per heavy atom. The van der Waals surface area contributed by atoms with Gasteiger partial charge in [0.2, 0.25) is 11.8 Å². The van der Waals surface area contributed by atoms with Crippen LogP contribution in [0.25, 0.3) is 11.3 Å². The van der Waals surface area contributed by atoms with E-state index in [1.54, 1.807) is 24.3 Å². The van der Waals surface area contributed by atoms with E-state index in [0.717, 1.165) is 11.1 Å². The van der Waals surface area contributed by atoms with E-state index in [4.69, 9.17) is 11.5 Å². The topological polar surface area (TPSA) is 160 Å². The predicted molar refractivity (Wildman–Crippen MR) is 137 cm³/mol. The van der Waals surface area contributed by atoms with Crippen molar-refractivity contribution >= 4 is 35.1 Å². The molecular weight excluding hydrogens is 462 g/mol. The highest BCUT2D eigenvalue weighted by Crippen LogP contribution is 2.29. The molecule has 0 radical (unpaired) electrons. The first-order chi connectivity index (χ1) is 16.9. The molecule has 6 N–H and O–H groups in total. The number of thioether (sulfide) groups is 1. The number of aromatic nitrogens is 2. The largest absolute Gasteiger partial charge is 0.382 e. The molecule has 10 heteroatoms. The highest BCUT2D eigenvalue weighted by molar-refractivity contribution is 7.98. The number of amides is 2. The second kappa shape index (κ2) is 12.5. The Morgan fingerprint density at radius 2 is 1.86 bits per heavy atom. The zero-order valence-electron chi connectivity index (χ0n) is 19.4. The van der Waals surface area contributed by atoms with Crippen LogP contribution in [-0.2, 0) is 21.8 Å². The van der Waals surface area contributed by atoms with Crippen molar-refractivity contribution < 1.29 is 9.59 Å². The van der Waals surface area contributed by atoms with E-state index in [-0.39, 0.29) is 23.2 Å². The maximum absolute atomic E-state index is 11.8. The van der Waals surface area contributed by atoms with Crippen LogP contribution in [0.4, 0.5) is 11.5 Å². The van der Waals surface area contributed by atoms with Gasteiger partial charge in [-0.25, -0.2) is 9.97 Å². The maximum Gasteiger partial charge on any atom is 0.221 e. The molecule has 1 aromatic heterocycles. The molecule has 0 aliphatic rings. The summed E-state index contributed by atoms with van der Waals surface area (Å²) in [5, 5.41) is 15.5. The number of nitrogens with one attached hydrogen (secondary N) is 2. The van der Waals surface area contributed by atoms with Gasteiger partial charge in [-0.1, -0.05) is 48.2 Å². The lowest BCUT2D eigenvalue weighted by Crippen LogP contribution is -2.29. The van der Waals surface area contributed by atoms with Gasteiger partial charge in [0.05, 0.1) is 5.69 Å². The lowest BCUT2D eigenvalue weighted by Gasteiger charge is -2.10. The number of carbonyl (C=O) groups excluding carboxylic acids is 2. The highest BCUT2D eigenvalue weighted by Gasteiger charge is 2.15. The van der Waals surface area contributed by atoms with Crippen molar-refractivity contribution in [3.8, 4) is 17.3 Å². The van der Waals surface area contributed by atoms with Crippen LogP contribution in [0.2, 0.25) is 0 Å². The number of rotatable bonds is 10. The number of anilines is 2. The predicted octanol–water partition coefficient (Wildman–Crippen LogP) is 2.86. The Labute approximate surface area is 208 Å². The molecule has 0 saturated heterocycles. The Bertz CT molecular complexity index is 1240. The minimum absolute atomic E-state index is 0.0191. The Balaban J connectivity index is 1.72. The van der Waals surface area contributed by atoms with E-state index in [9.17, 15) is 14.9 Å². The Morgan fingerprint density at radius 3 is 2.54 bits per heavy atom. The molecule has 2 amide bonds. The molecule has 0 aliphatic heterocycles. The molecule has 0 fully saturated rings. The molecule has 35 heavy (non-hydrogen) atoms. The molecular formula is C25H27N7O2S. The van der Waals surface area contributed by atoms with Gasteiger partial charge < -0.3 is 22.1 Å². The minimum Gasteiger partial charge on any atom is -0.382 e.